The third-order valence-electron chi connectivity index (χ3n) is 2.44. The first kappa shape index (κ1) is 13.3. The van der Waals surface area contributed by atoms with Crippen LogP contribution in [0.2, 0.25) is 0 Å². The lowest BCUT2D eigenvalue weighted by Gasteiger charge is -2.21. The van der Waals surface area contributed by atoms with Crippen LogP contribution in [0.15, 0.2) is 35.3 Å². The molecule has 0 fully saturated rings. The highest BCUT2D eigenvalue weighted by molar-refractivity contribution is 9.11. The Kier molecular flexibility index (Phi) is 3.84. The topological polar surface area (TPSA) is 0 Å². The van der Waals surface area contributed by atoms with Crippen LogP contribution in [0.1, 0.15) is 25.0 Å². The van der Waals surface area contributed by atoms with Crippen LogP contribution in [0, 0.1) is 0 Å². The molecule has 16 heavy (non-hydrogen) atoms. The molecule has 0 atom stereocenters. The second kappa shape index (κ2) is 4.62. The molecule has 0 aliphatic rings. The van der Waals surface area contributed by atoms with Crippen LogP contribution in [0.5, 0.6) is 0 Å². The number of rotatable bonds is 2. The molecule has 0 unspecified atom stereocenters. The van der Waals surface area contributed by atoms with Gasteiger partial charge in [0.15, 0.2) is 0 Å². The highest BCUT2D eigenvalue weighted by Crippen LogP contribution is 2.32. The summed E-state index contributed by atoms with van der Waals surface area (Å²) >= 11 is 3.17. The third-order valence-corrected chi connectivity index (χ3v) is 2.70. The lowest BCUT2D eigenvalue weighted by molar-refractivity contribution is -0.137. The molecule has 4 heteroatoms. The molecule has 0 amide bonds. The molecule has 0 saturated carbocycles. The maximum absolute atomic E-state index is 12.3. The van der Waals surface area contributed by atoms with Gasteiger partial charge in [0.1, 0.15) is 0 Å². The molecule has 0 N–H and O–H groups in total. The summed E-state index contributed by atoms with van der Waals surface area (Å²) in [7, 11) is 0. The van der Waals surface area contributed by atoms with Crippen LogP contribution in [0.3, 0.4) is 0 Å². The number of hydrogen-bond donors (Lipinski definition) is 0. The van der Waals surface area contributed by atoms with E-state index in [0.717, 1.165) is 17.7 Å². The fourth-order valence-electron chi connectivity index (χ4n) is 1.34. The molecule has 88 valence electrons. The molecule has 1 aromatic carbocycles. The van der Waals surface area contributed by atoms with Gasteiger partial charge < -0.3 is 0 Å². The predicted molar refractivity (Wildman–Crippen MR) is 62.5 cm³/mol. The highest BCUT2D eigenvalue weighted by atomic mass is 79.9. The summed E-state index contributed by atoms with van der Waals surface area (Å²) in [6, 6.07) is 5.24. The number of hydrogen-bond acceptors (Lipinski definition) is 0. The zero-order valence-corrected chi connectivity index (χ0v) is 10.6. The van der Waals surface area contributed by atoms with Crippen molar-refractivity contribution in [1.29, 1.82) is 0 Å². The molecule has 0 aliphatic heterocycles. The van der Waals surface area contributed by atoms with Gasteiger partial charge in [-0.3, -0.25) is 0 Å². The van der Waals surface area contributed by atoms with Gasteiger partial charge >= 0.3 is 6.18 Å². The summed E-state index contributed by atoms with van der Waals surface area (Å²) in [5, 5.41) is 0. The smallest absolute Gasteiger partial charge is 0.166 e. The number of benzene rings is 1. The van der Waals surface area contributed by atoms with Gasteiger partial charge in [-0.25, -0.2) is 0 Å². The Labute approximate surface area is 101 Å². The lowest BCUT2D eigenvalue weighted by atomic mass is 9.84. The van der Waals surface area contributed by atoms with E-state index in [2.05, 4.69) is 15.9 Å². The molecule has 0 bridgehead atoms. The number of allylic oxidation sites excluding steroid dienone is 1. The summed E-state index contributed by atoms with van der Waals surface area (Å²) in [5.41, 5.74) is -0.0563. The fourth-order valence-corrected chi connectivity index (χ4v) is 2.00. The molecule has 0 aliphatic carbocycles. The maximum Gasteiger partial charge on any atom is 0.416 e. The van der Waals surface area contributed by atoms with Crippen LogP contribution < -0.4 is 0 Å². The Morgan fingerprint density at radius 3 is 1.81 bits per heavy atom. The molecular weight excluding hydrogens is 281 g/mol. The van der Waals surface area contributed by atoms with E-state index in [4.69, 9.17) is 0 Å². The van der Waals surface area contributed by atoms with E-state index in [-0.39, 0.29) is 5.41 Å². The zero-order valence-electron chi connectivity index (χ0n) is 8.98. The van der Waals surface area contributed by atoms with Crippen LogP contribution >= 0.6 is 15.9 Å². The van der Waals surface area contributed by atoms with Crippen molar-refractivity contribution in [1.82, 2.24) is 0 Å². The number of alkyl halides is 3. The van der Waals surface area contributed by atoms with Crippen LogP contribution in [-0.2, 0) is 11.6 Å². The van der Waals surface area contributed by atoms with E-state index in [1.807, 2.05) is 19.9 Å². The Hall–Kier alpha value is -0.770. The standard InChI is InChI=1S/C12H12BrF3/c1-11(2,7-8-13)9-3-5-10(6-4-9)12(14,15)16/h3-8H,1-2H3. The molecule has 1 aromatic rings. The Bertz CT molecular complexity index is 374. The van der Waals surface area contributed by atoms with Crippen molar-refractivity contribution in [3.63, 3.8) is 0 Å². The molecule has 1 rings (SSSR count). The minimum absolute atomic E-state index is 0.284. The first-order valence-electron chi connectivity index (χ1n) is 4.73. The summed E-state index contributed by atoms with van der Waals surface area (Å²) in [6.07, 6.45) is -2.39. The van der Waals surface area contributed by atoms with E-state index < -0.39 is 11.7 Å². The number of halogens is 4. The molecule has 0 spiro atoms. The van der Waals surface area contributed by atoms with Crippen molar-refractivity contribution < 1.29 is 13.2 Å². The van der Waals surface area contributed by atoms with Gasteiger partial charge in [-0.05, 0) is 22.7 Å². The lowest BCUT2D eigenvalue weighted by Crippen LogP contribution is -2.14. The van der Waals surface area contributed by atoms with Crippen molar-refractivity contribution in [3.8, 4) is 0 Å². The van der Waals surface area contributed by atoms with Gasteiger partial charge in [-0.15, -0.1) is 0 Å². The second-order valence-corrected chi connectivity index (χ2v) is 4.62. The van der Waals surface area contributed by atoms with E-state index in [1.54, 1.807) is 4.99 Å². The molecule has 0 saturated heterocycles. The van der Waals surface area contributed by atoms with Crippen molar-refractivity contribution in [2.75, 3.05) is 0 Å². The summed E-state index contributed by atoms with van der Waals surface area (Å²) in [4.78, 5) is 1.71. The van der Waals surface area contributed by atoms with Crippen LogP contribution in [0.25, 0.3) is 0 Å². The highest BCUT2D eigenvalue weighted by Gasteiger charge is 2.30. The van der Waals surface area contributed by atoms with E-state index in [9.17, 15) is 13.2 Å². The maximum atomic E-state index is 12.3. The summed E-state index contributed by atoms with van der Waals surface area (Å²) in [5.74, 6) is 0. The average Bonchev–Trinajstić information content (AvgIpc) is 2.16. The van der Waals surface area contributed by atoms with Gasteiger partial charge in [0, 0.05) is 5.41 Å². The largest absolute Gasteiger partial charge is 0.416 e. The molecule has 0 radical (unpaired) electrons. The van der Waals surface area contributed by atoms with E-state index >= 15 is 0 Å². The Morgan fingerprint density at radius 2 is 1.44 bits per heavy atom. The van der Waals surface area contributed by atoms with Gasteiger partial charge in [-0.1, -0.05) is 48.0 Å². The summed E-state index contributed by atoms with van der Waals surface area (Å²) in [6.45, 7) is 3.88. The van der Waals surface area contributed by atoms with E-state index in [0.29, 0.717) is 0 Å². The van der Waals surface area contributed by atoms with E-state index in [1.165, 1.54) is 12.1 Å². The molecule has 0 aromatic heterocycles. The van der Waals surface area contributed by atoms with Crippen LogP contribution in [-0.4, -0.2) is 0 Å². The van der Waals surface area contributed by atoms with Crippen molar-refractivity contribution in [2.45, 2.75) is 25.4 Å². The SMILES string of the molecule is CC(C)(C=CBr)c1ccc(C(F)(F)F)cc1. The fraction of sp³-hybridized carbons (Fsp3) is 0.333. The Morgan fingerprint density at radius 1 is 1.00 bits per heavy atom. The molecule has 0 nitrogen and oxygen atoms in total. The summed E-state index contributed by atoms with van der Waals surface area (Å²) < 4.78 is 37.0. The minimum Gasteiger partial charge on any atom is -0.166 e. The predicted octanol–water partition coefficient (Wildman–Crippen LogP) is 4.89. The van der Waals surface area contributed by atoms with Crippen molar-refractivity contribution in [3.05, 3.63) is 46.5 Å². The van der Waals surface area contributed by atoms with Crippen molar-refractivity contribution >= 4 is 15.9 Å². The first-order valence-corrected chi connectivity index (χ1v) is 5.64. The minimum atomic E-state index is -4.27. The Balaban J connectivity index is 3.04. The van der Waals surface area contributed by atoms with Gasteiger partial charge in [-0.2, -0.15) is 13.2 Å². The molecule has 0 heterocycles. The van der Waals surface area contributed by atoms with Crippen molar-refractivity contribution in [2.24, 2.45) is 0 Å². The van der Waals surface area contributed by atoms with Crippen LogP contribution in [0.4, 0.5) is 13.2 Å². The second-order valence-electron chi connectivity index (χ2n) is 4.09. The average molecular weight is 293 g/mol. The normalized spacial score (nSPS) is 13.4. The first-order chi connectivity index (χ1) is 7.27. The zero-order chi connectivity index (χ0) is 12.4. The quantitative estimate of drug-likeness (QED) is 0.728. The monoisotopic (exact) mass is 292 g/mol. The molecular formula is C12H12BrF3. The van der Waals surface area contributed by atoms with Gasteiger partial charge in [0.25, 0.3) is 0 Å². The van der Waals surface area contributed by atoms with Gasteiger partial charge in [0.05, 0.1) is 5.56 Å². The van der Waals surface area contributed by atoms with Gasteiger partial charge in [0.2, 0.25) is 0 Å². The third kappa shape index (κ3) is 3.11.